The average molecular weight is 249 g/mol. The second kappa shape index (κ2) is 5.22. The lowest BCUT2D eigenvalue weighted by atomic mass is 9.76. The van der Waals surface area contributed by atoms with Crippen molar-refractivity contribution < 1.29 is 4.74 Å². The summed E-state index contributed by atoms with van der Waals surface area (Å²) >= 11 is 0. The first-order valence-electron chi connectivity index (χ1n) is 6.70. The van der Waals surface area contributed by atoms with Crippen LogP contribution < -0.4 is 10.5 Å². The molecule has 4 heteroatoms. The highest BCUT2D eigenvalue weighted by Crippen LogP contribution is 2.36. The summed E-state index contributed by atoms with van der Waals surface area (Å²) in [6.45, 7) is 7.01. The molecule has 4 nitrogen and oxygen atoms in total. The summed E-state index contributed by atoms with van der Waals surface area (Å²) in [5, 5.41) is 0. The van der Waals surface area contributed by atoms with Crippen LogP contribution in [0.15, 0.2) is 6.07 Å². The smallest absolute Gasteiger partial charge is 0.317 e. The molecule has 18 heavy (non-hydrogen) atoms. The van der Waals surface area contributed by atoms with Gasteiger partial charge in [0.25, 0.3) is 0 Å². The van der Waals surface area contributed by atoms with E-state index in [1.165, 1.54) is 12.8 Å². The standard InChI is InChI=1S/C14H23N3O/c1-10-8-11(9-15)17-13(16-10)18-12-4-6-14(2,3)7-5-12/h8,12H,4-7,9,15H2,1-3H3. The highest BCUT2D eigenvalue weighted by molar-refractivity contribution is 5.12. The van der Waals surface area contributed by atoms with Gasteiger partial charge in [-0.15, -0.1) is 0 Å². The first-order valence-corrected chi connectivity index (χ1v) is 6.70. The summed E-state index contributed by atoms with van der Waals surface area (Å²) in [6, 6.07) is 2.39. The van der Waals surface area contributed by atoms with Gasteiger partial charge in [-0.3, -0.25) is 0 Å². The Labute approximate surface area is 109 Å². The van der Waals surface area contributed by atoms with Crippen molar-refractivity contribution >= 4 is 0 Å². The number of aryl methyl sites for hydroxylation is 1. The highest BCUT2D eigenvalue weighted by atomic mass is 16.5. The highest BCUT2D eigenvalue weighted by Gasteiger charge is 2.28. The zero-order chi connectivity index (χ0) is 13.2. The second-order valence-electron chi connectivity index (χ2n) is 5.97. The molecule has 0 amide bonds. The maximum Gasteiger partial charge on any atom is 0.317 e. The van der Waals surface area contributed by atoms with E-state index in [-0.39, 0.29) is 6.10 Å². The Bertz CT molecular complexity index is 408. The van der Waals surface area contributed by atoms with E-state index in [1.54, 1.807) is 0 Å². The first kappa shape index (κ1) is 13.3. The molecule has 0 aromatic carbocycles. The minimum Gasteiger partial charge on any atom is -0.460 e. The molecule has 1 fully saturated rings. The minimum absolute atomic E-state index is 0.255. The Hall–Kier alpha value is -1.16. The van der Waals surface area contributed by atoms with Gasteiger partial charge < -0.3 is 10.5 Å². The van der Waals surface area contributed by atoms with Gasteiger partial charge in [-0.25, -0.2) is 4.98 Å². The molecule has 100 valence electrons. The Morgan fingerprint density at radius 3 is 2.61 bits per heavy atom. The third-order valence-corrected chi connectivity index (χ3v) is 3.65. The van der Waals surface area contributed by atoms with Gasteiger partial charge in [0, 0.05) is 12.2 Å². The van der Waals surface area contributed by atoms with Crippen LogP contribution in [0.1, 0.15) is 50.9 Å². The van der Waals surface area contributed by atoms with E-state index in [1.807, 2.05) is 13.0 Å². The van der Waals surface area contributed by atoms with Crippen LogP contribution in [0.4, 0.5) is 0 Å². The maximum atomic E-state index is 5.89. The molecule has 1 aliphatic carbocycles. The molecule has 1 heterocycles. The zero-order valence-electron chi connectivity index (χ0n) is 11.6. The molecule has 1 aromatic heterocycles. The van der Waals surface area contributed by atoms with Crippen molar-refractivity contribution in [3.8, 4) is 6.01 Å². The monoisotopic (exact) mass is 249 g/mol. The molecule has 2 rings (SSSR count). The molecule has 0 radical (unpaired) electrons. The number of nitrogens with zero attached hydrogens (tertiary/aromatic N) is 2. The van der Waals surface area contributed by atoms with E-state index in [9.17, 15) is 0 Å². The van der Waals surface area contributed by atoms with E-state index in [4.69, 9.17) is 10.5 Å². The van der Waals surface area contributed by atoms with Crippen molar-refractivity contribution in [1.29, 1.82) is 0 Å². The number of hydrogen-bond donors (Lipinski definition) is 1. The Morgan fingerprint density at radius 1 is 1.33 bits per heavy atom. The third-order valence-electron chi connectivity index (χ3n) is 3.65. The van der Waals surface area contributed by atoms with Gasteiger partial charge in [0.05, 0.1) is 5.69 Å². The van der Waals surface area contributed by atoms with Crippen LogP contribution in [0, 0.1) is 12.3 Å². The molecular weight excluding hydrogens is 226 g/mol. The summed E-state index contributed by atoms with van der Waals surface area (Å²) < 4.78 is 5.89. The molecule has 2 N–H and O–H groups in total. The molecule has 0 aliphatic heterocycles. The van der Waals surface area contributed by atoms with Crippen LogP contribution in [0.2, 0.25) is 0 Å². The number of nitrogens with two attached hydrogens (primary N) is 1. The summed E-state index contributed by atoms with van der Waals surface area (Å²) in [5.41, 5.74) is 7.82. The molecule has 0 atom stereocenters. The van der Waals surface area contributed by atoms with Gasteiger partial charge in [0.1, 0.15) is 6.10 Å². The second-order valence-corrected chi connectivity index (χ2v) is 5.97. The summed E-state index contributed by atoms with van der Waals surface area (Å²) in [4.78, 5) is 8.65. The fourth-order valence-electron chi connectivity index (χ4n) is 2.40. The first-order chi connectivity index (χ1) is 8.48. The predicted molar refractivity (Wildman–Crippen MR) is 71.3 cm³/mol. The fourth-order valence-corrected chi connectivity index (χ4v) is 2.40. The van der Waals surface area contributed by atoms with Crippen molar-refractivity contribution in [2.45, 2.75) is 59.1 Å². The summed E-state index contributed by atoms with van der Waals surface area (Å²) in [5.74, 6) is 0. The summed E-state index contributed by atoms with van der Waals surface area (Å²) in [6.07, 6.45) is 4.83. The van der Waals surface area contributed by atoms with Gasteiger partial charge in [0.15, 0.2) is 0 Å². The van der Waals surface area contributed by atoms with E-state index in [0.29, 0.717) is 18.0 Å². The zero-order valence-corrected chi connectivity index (χ0v) is 11.6. The van der Waals surface area contributed by atoms with Crippen molar-refractivity contribution in [2.75, 3.05) is 0 Å². The number of ether oxygens (including phenoxy) is 1. The van der Waals surface area contributed by atoms with E-state index < -0.39 is 0 Å². The summed E-state index contributed by atoms with van der Waals surface area (Å²) in [7, 11) is 0. The molecule has 0 spiro atoms. The number of rotatable bonds is 3. The molecular formula is C14H23N3O. The normalized spacial score (nSPS) is 19.8. The van der Waals surface area contributed by atoms with Gasteiger partial charge in [-0.2, -0.15) is 4.98 Å². The molecule has 1 aromatic rings. The molecule has 1 aliphatic rings. The van der Waals surface area contributed by atoms with Gasteiger partial charge in [-0.1, -0.05) is 13.8 Å². The Balaban J connectivity index is 2.00. The molecule has 1 saturated carbocycles. The van der Waals surface area contributed by atoms with Crippen molar-refractivity contribution in [3.05, 3.63) is 17.5 Å². The lowest BCUT2D eigenvalue weighted by Crippen LogP contribution is -2.29. The van der Waals surface area contributed by atoms with Crippen LogP contribution in [-0.2, 0) is 6.54 Å². The largest absolute Gasteiger partial charge is 0.460 e. The van der Waals surface area contributed by atoms with Crippen molar-refractivity contribution in [2.24, 2.45) is 11.1 Å². The number of hydrogen-bond acceptors (Lipinski definition) is 4. The van der Waals surface area contributed by atoms with Crippen molar-refractivity contribution in [3.63, 3.8) is 0 Å². The maximum absolute atomic E-state index is 5.89. The molecule has 0 unspecified atom stereocenters. The van der Waals surface area contributed by atoms with E-state index in [2.05, 4.69) is 23.8 Å². The van der Waals surface area contributed by atoms with Crippen LogP contribution in [0.25, 0.3) is 0 Å². The average Bonchev–Trinajstić information content (AvgIpc) is 2.31. The van der Waals surface area contributed by atoms with Crippen LogP contribution in [0.5, 0.6) is 6.01 Å². The topological polar surface area (TPSA) is 61.0 Å². The van der Waals surface area contributed by atoms with Gasteiger partial charge in [-0.05, 0) is 44.1 Å². The van der Waals surface area contributed by atoms with E-state index in [0.717, 1.165) is 24.2 Å². The van der Waals surface area contributed by atoms with Crippen molar-refractivity contribution in [1.82, 2.24) is 9.97 Å². The lowest BCUT2D eigenvalue weighted by molar-refractivity contribution is 0.0903. The van der Waals surface area contributed by atoms with Crippen LogP contribution >= 0.6 is 0 Å². The lowest BCUT2D eigenvalue weighted by Gasteiger charge is -2.33. The minimum atomic E-state index is 0.255. The fraction of sp³-hybridized carbons (Fsp3) is 0.714. The van der Waals surface area contributed by atoms with Crippen LogP contribution in [-0.4, -0.2) is 16.1 Å². The Morgan fingerprint density at radius 2 is 2.00 bits per heavy atom. The molecule has 0 saturated heterocycles. The molecule has 0 bridgehead atoms. The van der Waals surface area contributed by atoms with E-state index >= 15 is 0 Å². The quantitative estimate of drug-likeness (QED) is 0.894. The predicted octanol–water partition coefficient (Wildman–Crippen LogP) is 2.59. The van der Waals surface area contributed by atoms with Gasteiger partial charge in [0.2, 0.25) is 0 Å². The Kier molecular flexibility index (Phi) is 3.85. The third kappa shape index (κ3) is 3.42. The van der Waals surface area contributed by atoms with Gasteiger partial charge >= 0.3 is 6.01 Å². The van der Waals surface area contributed by atoms with Crippen LogP contribution in [0.3, 0.4) is 0 Å². The SMILES string of the molecule is Cc1cc(CN)nc(OC2CCC(C)(C)CC2)n1. The number of aromatic nitrogens is 2.